The van der Waals surface area contributed by atoms with Crippen molar-refractivity contribution in [1.29, 1.82) is 0 Å². The average molecular weight is 276 g/mol. The molecule has 0 aliphatic heterocycles. The molecule has 0 atom stereocenters. The molecule has 0 amide bonds. The number of fused-ring (bicyclic) bond motifs is 1. The van der Waals surface area contributed by atoms with Crippen LogP contribution in [0.5, 0.6) is 0 Å². The fourth-order valence-corrected chi connectivity index (χ4v) is 2.56. The lowest BCUT2D eigenvalue weighted by Gasteiger charge is -2.21. The summed E-state index contributed by atoms with van der Waals surface area (Å²) in [5.41, 5.74) is 2.50. The molecular weight excluding hydrogens is 256 g/mol. The van der Waals surface area contributed by atoms with Gasteiger partial charge in [0.2, 0.25) is 0 Å². The zero-order valence-corrected chi connectivity index (χ0v) is 12.7. The van der Waals surface area contributed by atoms with Gasteiger partial charge in [-0.3, -0.25) is 0 Å². The third-order valence-corrected chi connectivity index (χ3v) is 3.62. The summed E-state index contributed by atoms with van der Waals surface area (Å²) in [5.74, 6) is 0.875. The van der Waals surface area contributed by atoms with Crippen LogP contribution < -0.4 is 5.32 Å². The van der Waals surface area contributed by atoms with Gasteiger partial charge in [0.15, 0.2) is 0 Å². The largest absolute Gasteiger partial charge is 0.340 e. The Balaban J connectivity index is 2.02. The van der Waals surface area contributed by atoms with Crippen LogP contribution in [0.15, 0.2) is 60.8 Å². The maximum Gasteiger partial charge on any atom is 0.130 e. The lowest BCUT2D eigenvalue weighted by molar-refractivity contribution is 0.596. The van der Waals surface area contributed by atoms with Crippen LogP contribution in [0.25, 0.3) is 10.8 Å². The van der Waals surface area contributed by atoms with Crippen molar-refractivity contribution in [1.82, 2.24) is 4.98 Å². The molecule has 0 saturated heterocycles. The normalized spacial score (nSPS) is 11.6. The number of anilines is 2. The van der Waals surface area contributed by atoms with Crippen LogP contribution in [0.1, 0.15) is 26.3 Å². The Kier molecular flexibility index (Phi) is 3.38. The second kappa shape index (κ2) is 5.21. The van der Waals surface area contributed by atoms with E-state index < -0.39 is 0 Å². The van der Waals surface area contributed by atoms with E-state index in [-0.39, 0.29) is 5.41 Å². The van der Waals surface area contributed by atoms with E-state index in [2.05, 4.69) is 55.3 Å². The molecule has 0 unspecified atom stereocenters. The molecule has 3 aromatic rings. The van der Waals surface area contributed by atoms with E-state index in [1.165, 1.54) is 16.3 Å². The highest BCUT2D eigenvalue weighted by Crippen LogP contribution is 2.30. The van der Waals surface area contributed by atoms with Crippen LogP contribution in [-0.2, 0) is 5.41 Å². The number of hydrogen-bond donors (Lipinski definition) is 1. The third kappa shape index (κ3) is 2.89. The van der Waals surface area contributed by atoms with Crippen LogP contribution >= 0.6 is 0 Å². The van der Waals surface area contributed by atoms with Crippen molar-refractivity contribution in [2.45, 2.75) is 26.2 Å². The summed E-state index contributed by atoms with van der Waals surface area (Å²) in [4.78, 5) is 4.57. The van der Waals surface area contributed by atoms with E-state index in [4.69, 9.17) is 0 Å². The van der Waals surface area contributed by atoms with Crippen molar-refractivity contribution >= 4 is 22.3 Å². The Morgan fingerprint density at radius 3 is 2.38 bits per heavy atom. The van der Waals surface area contributed by atoms with E-state index >= 15 is 0 Å². The molecule has 0 spiro atoms. The van der Waals surface area contributed by atoms with Gasteiger partial charge in [0, 0.05) is 17.3 Å². The molecule has 21 heavy (non-hydrogen) atoms. The maximum absolute atomic E-state index is 4.57. The summed E-state index contributed by atoms with van der Waals surface area (Å²) >= 11 is 0. The van der Waals surface area contributed by atoms with Crippen molar-refractivity contribution in [3.05, 3.63) is 66.4 Å². The molecule has 0 aliphatic carbocycles. The number of rotatable bonds is 2. The maximum atomic E-state index is 4.57. The predicted octanol–water partition coefficient (Wildman–Crippen LogP) is 5.28. The first-order valence-electron chi connectivity index (χ1n) is 7.25. The standard InChI is InChI=1S/C19H20N2/c1-19(2,3)17-11-7-8-14-12-18(20-13-16(14)17)21-15-9-5-4-6-10-15/h4-13H,1-3H3,(H,20,21). The highest BCUT2D eigenvalue weighted by Gasteiger charge is 2.16. The lowest BCUT2D eigenvalue weighted by atomic mass is 9.84. The Morgan fingerprint density at radius 1 is 0.905 bits per heavy atom. The second-order valence-corrected chi connectivity index (χ2v) is 6.34. The second-order valence-electron chi connectivity index (χ2n) is 6.34. The molecule has 1 N–H and O–H groups in total. The van der Waals surface area contributed by atoms with Gasteiger partial charge < -0.3 is 5.32 Å². The fourth-order valence-electron chi connectivity index (χ4n) is 2.56. The Hall–Kier alpha value is -2.35. The van der Waals surface area contributed by atoms with E-state index in [0.717, 1.165) is 11.5 Å². The number of para-hydroxylation sites is 1. The number of pyridine rings is 1. The molecule has 3 rings (SSSR count). The van der Waals surface area contributed by atoms with Gasteiger partial charge in [-0.05, 0) is 34.6 Å². The summed E-state index contributed by atoms with van der Waals surface area (Å²) in [7, 11) is 0. The van der Waals surface area contributed by atoms with Gasteiger partial charge >= 0.3 is 0 Å². The molecule has 2 nitrogen and oxygen atoms in total. The molecule has 0 fully saturated rings. The Labute approximate surface area is 125 Å². The zero-order valence-electron chi connectivity index (χ0n) is 12.7. The van der Waals surface area contributed by atoms with Crippen molar-refractivity contribution in [2.24, 2.45) is 0 Å². The number of aromatic nitrogens is 1. The first kappa shape index (κ1) is 13.6. The van der Waals surface area contributed by atoms with Gasteiger partial charge in [-0.1, -0.05) is 57.2 Å². The summed E-state index contributed by atoms with van der Waals surface area (Å²) in [5, 5.41) is 5.79. The summed E-state index contributed by atoms with van der Waals surface area (Å²) in [6, 6.07) is 18.7. The molecule has 1 heterocycles. The topological polar surface area (TPSA) is 24.9 Å². The van der Waals surface area contributed by atoms with Crippen LogP contribution in [0.2, 0.25) is 0 Å². The smallest absolute Gasteiger partial charge is 0.130 e. The summed E-state index contributed by atoms with van der Waals surface area (Å²) in [6.07, 6.45) is 1.97. The monoisotopic (exact) mass is 276 g/mol. The number of benzene rings is 2. The van der Waals surface area contributed by atoms with Gasteiger partial charge in [0.1, 0.15) is 5.82 Å². The van der Waals surface area contributed by atoms with Crippen molar-refractivity contribution in [2.75, 3.05) is 5.32 Å². The molecule has 2 aromatic carbocycles. The third-order valence-electron chi connectivity index (χ3n) is 3.62. The molecule has 0 aliphatic rings. The van der Waals surface area contributed by atoms with Crippen LogP contribution in [0, 0.1) is 0 Å². The minimum Gasteiger partial charge on any atom is -0.340 e. The predicted molar refractivity (Wildman–Crippen MR) is 90.2 cm³/mol. The molecule has 1 aromatic heterocycles. The lowest BCUT2D eigenvalue weighted by Crippen LogP contribution is -2.11. The molecular formula is C19H20N2. The zero-order chi connectivity index (χ0) is 14.9. The molecule has 0 bridgehead atoms. The van der Waals surface area contributed by atoms with Gasteiger partial charge in [0.05, 0.1) is 0 Å². The summed E-state index contributed by atoms with van der Waals surface area (Å²) in [6.45, 7) is 6.70. The molecule has 0 radical (unpaired) electrons. The van der Waals surface area contributed by atoms with Gasteiger partial charge in [-0.25, -0.2) is 4.98 Å². The van der Waals surface area contributed by atoms with Crippen LogP contribution in [-0.4, -0.2) is 4.98 Å². The van der Waals surface area contributed by atoms with Crippen molar-refractivity contribution < 1.29 is 0 Å². The van der Waals surface area contributed by atoms with Crippen molar-refractivity contribution in [3.8, 4) is 0 Å². The van der Waals surface area contributed by atoms with Gasteiger partial charge in [-0.2, -0.15) is 0 Å². The fraction of sp³-hybridized carbons (Fsp3) is 0.211. The minimum absolute atomic E-state index is 0.121. The average Bonchev–Trinajstić information content (AvgIpc) is 2.46. The first-order valence-corrected chi connectivity index (χ1v) is 7.25. The number of nitrogens with zero attached hydrogens (tertiary/aromatic N) is 1. The quantitative estimate of drug-likeness (QED) is 0.689. The number of hydrogen-bond acceptors (Lipinski definition) is 2. The SMILES string of the molecule is CC(C)(C)c1cccc2cc(Nc3ccccc3)ncc12. The minimum atomic E-state index is 0.121. The Morgan fingerprint density at radius 2 is 1.67 bits per heavy atom. The highest BCUT2D eigenvalue weighted by atomic mass is 15.0. The van der Waals surface area contributed by atoms with Crippen LogP contribution in [0.3, 0.4) is 0 Å². The van der Waals surface area contributed by atoms with E-state index in [1.54, 1.807) is 0 Å². The van der Waals surface area contributed by atoms with Crippen molar-refractivity contribution in [3.63, 3.8) is 0 Å². The van der Waals surface area contributed by atoms with Gasteiger partial charge in [0.25, 0.3) is 0 Å². The Bertz CT molecular complexity index is 755. The summed E-state index contributed by atoms with van der Waals surface area (Å²) < 4.78 is 0. The molecule has 0 saturated carbocycles. The van der Waals surface area contributed by atoms with E-state index in [1.807, 2.05) is 36.5 Å². The first-order chi connectivity index (χ1) is 10.0. The van der Waals surface area contributed by atoms with E-state index in [0.29, 0.717) is 0 Å². The highest BCUT2D eigenvalue weighted by molar-refractivity contribution is 5.88. The number of nitrogens with one attached hydrogen (secondary N) is 1. The molecule has 2 heteroatoms. The molecule has 106 valence electrons. The van der Waals surface area contributed by atoms with Crippen LogP contribution in [0.4, 0.5) is 11.5 Å². The van der Waals surface area contributed by atoms with E-state index in [9.17, 15) is 0 Å². The van der Waals surface area contributed by atoms with Gasteiger partial charge in [-0.15, -0.1) is 0 Å².